The fourth-order valence-corrected chi connectivity index (χ4v) is 1.59. The van der Waals surface area contributed by atoms with Gasteiger partial charge in [0.2, 0.25) is 0 Å². The number of rotatable bonds is 4. The fraction of sp³-hybridized carbons (Fsp3) is 0.333. The Labute approximate surface area is 107 Å². The van der Waals surface area contributed by atoms with Crippen LogP contribution in [-0.4, -0.2) is 18.4 Å². The molecule has 0 spiro atoms. The van der Waals surface area contributed by atoms with Crippen molar-refractivity contribution in [1.82, 2.24) is 0 Å². The minimum Gasteiger partial charge on any atom is -0.462 e. The number of alkyl halides is 1. The van der Waals surface area contributed by atoms with Gasteiger partial charge in [0.25, 0.3) is 0 Å². The highest BCUT2D eigenvalue weighted by Gasteiger charge is 2.17. The first-order valence-corrected chi connectivity index (χ1v) is 5.99. The molecule has 1 atom stereocenters. The number of Topliss-reactive ketones (excluding diaryl/α,β-unsaturated/α-hetero) is 1. The molecule has 0 saturated heterocycles. The molecule has 0 fully saturated rings. The molecular weight excluding hydrogens is 291 g/mol. The number of hydrogen-bond acceptors (Lipinski definition) is 3. The van der Waals surface area contributed by atoms with Crippen LogP contribution in [-0.2, 0) is 9.53 Å². The number of ketones is 1. The van der Waals surface area contributed by atoms with E-state index in [9.17, 15) is 14.0 Å². The van der Waals surface area contributed by atoms with Gasteiger partial charge in [0.05, 0.1) is 17.0 Å². The number of carbonyl (C=O) groups is 2. The maximum absolute atomic E-state index is 13.3. The van der Waals surface area contributed by atoms with Gasteiger partial charge in [-0.15, -0.1) is 0 Å². The van der Waals surface area contributed by atoms with E-state index in [1.165, 1.54) is 19.1 Å². The highest BCUT2D eigenvalue weighted by molar-refractivity contribution is 9.09. The number of esters is 1. The third-order valence-corrected chi connectivity index (χ3v) is 3.25. The number of benzene rings is 1. The third-order valence-electron chi connectivity index (χ3n) is 2.08. The zero-order valence-electron chi connectivity index (χ0n) is 9.50. The molecule has 0 N–H and O–H groups in total. The highest BCUT2D eigenvalue weighted by Crippen LogP contribution is 2.25. The monoisotopic (exact) mass is 302 g/mol. The largest absolute Gasteiger partial charge is 0.462 e. The molecular formula is C12H12BrFO3. The molecule has 92 valence electrons. The molecule has 0 radical (unpaired) electrons. The molecule has 5 heteroatoms. The Kier molecular flexibility index (Phi) is 4.81. The van der Waals surface area contributed by atoms with Crippen LogP contribution in [0.1, 0.15) is 34.6 Å². The van der Waals surface area contributed by atoms with Gasteiger partial charge in [0.15, 0.2) is 0 Å². The molecule has 3 nitrogen and oxygen atoms in total. The minimum atomic E-state index is -0.619. The van der Waals surface area contributed by atoms with Gasteiger partial charge in [-0.3, -0.25) is 4.79 Å². The Hall–Kier alpha value is -1.23. The van der Waals surface area contributed by atoms with Crippen LogP contribution in [0.3, 0.4) is 0 Å². The Bertz CT molecular complexity index is 445. The minimum absolute atomic E-state index is 0.104. The summed E-state index contributed by atoms with van der Waals surface area (Å²) in [7, 11) is 0. The summed E-state index contributed by atoms with van der Waals surface area (Å²) in [4.78, 5) is 22.0. The van der Waals surface area contributed by atoms with Crippen LogP contribution >= 0.6 is 15.9 Å². The molecule has 0 aliphatic heterocycles. The summed E-state index contributed by atoms with van der Waals surface area (Å²) in [6.45, 7) is 3.27. The van der Waals surface area contributed by atoms with Gasteiger partial charge >= 0.3 is 5.97 Å². The standard InChI is InChI=1S/C12H12BrFO3/c1-3-17-12(16)9-4-8(5-10(14)6-9)11(13)7(2)15/h4-6,11H,3H2,1-2H3. The van der Waals surface area contributed by atoms with Crippen LogP contribution in [0.15, 0.2) is 18.2 Å². The Balaban J connectivity index is 3.10. The lowest BCUT2D eigenvalue weighted by Gasteiger charge is -2.09. The van der Waals surface area contributed by atoms with Crippen LogP contribution in [0, 0.1) is 5.82 Å². The van der Waals surface area contributed by atoms with Crippen molar-refractivity contribution in [3.05, 3.63) is 35.1 Å². The van der Waals surface area contributed by atoms with Crippen molar-refractivity contribution < 1.29 is 18.7 Å². The van der Waals surface area contributed by atoms with Crippen molar-refractivity contribution in [2.75, 3.05) is 6.61 Å². The Morgan fingerprint density at radius 3 is 2.59 bits per heavy atom. The van der Waals surface area contributed by atoms with Gasteiger partial charge in [0.1, 0.15) is 11.6 Å². The van der Waals surface area contributed by atoms with E-state index in [1.807, 2.05) is 0 Å². The summed E-state index contributed by atoms with van der Waals surface area (Å²) in [5.41, 5.74) is 0.508. The molecule has 1 aromatic carbocycles. The quantitative estimate of drug-likeness (QED) is 0.634. The number of ether oxygens (including phenoxy) is 1. The molecule has 0 saturated carbocycles. The summed E-state index contributed by atoms with van der Waals surface area (Å²) in [5, 5.41) is 0. The van der Waals surface area contributed by atoms with Crippen molar-refractivity contribution in [3.8, 4) is 0 Å². The predicted octanol–water partition coefficient (Wildman–Crippen LogP) is 3.03. The average molecular weight is 303 g/mol. The van der Waals surface area contributed by atoms with Crippen molar-refractivity contribution in [2.45, 2.75) is 18.7 Å². The predicted molar refractivity (Wildman–Crippen MR) is 64.7 cm³/mol. The van der Waals surface area contributed by atoms with Crippen LogP contribution in [0.5, 0.6) is 0 Å². The zero-order chi connectivity index (χ0) is 13.0. The summed E-state index contributed by atoms with van der Waals surface area (Å²) in [6.07, 6.45) is 0. The molecule has 0 heterocycles. The smallest absolute Gasteiger partial charge is 0.338 e. The van der Waals surface area contributed by atoms with E-state index in [1.54, 1.807) is 6.92 Å². The zero-order valence-corrected chi connectivity index (χ0v) is 11.1. The third kappa shape index (κ3) is 3.63. The fourth-order valence-electron chi connectivity index (χ4n) is 1.33. The topological polar surface area (TPSA) is 43.4 Å². The van der Waals surface area contributed by atoms with Gasteiger partial charge in [-0.05, 0) is 37.6 Å². The first-order chi connectivity index (χ1) is 7.95. The molecule has 1 aromatic rings. The highest BCUT2D eigenvalue weighted by atomic mass is 79.9. The van der Waals surface area contributed by atoms with E-state index >= 15 is 0 Å². The van der Waals surface area contributed by atoms with Crippen molar-refractivity contribution in [3.63, 3.8) is 0 Å². The molecule has 0 bridgehead atoms. The summed E-state index contributed by atoms with van der Waals surface area (Å²) < 4.78 is 18.1. The van der Waals surface area contributed by atoms with E-state index in [2.05, 4.69) is 15.9 Å². The number of carbonyl (C=O) groups excluding carboxylic acids is 2. The first kappa shape index (κ1) is 13.8. The molecule has 1 rings (SSSR count). The van der Waals surface area contributed by atoms with Crippen LogP contribution < -0.4 is 0 Å². The molecule has 0 aliphatic carbocycles. The van der Waals surface area contributed by atoms with E-state index in [0.717, 1.165) is 6.07 Å². The summed E-state index contributed by atoms with van der Waals surface area (Å²) in [5.74, 6) is -1.34. The maximum Gasteiger partial charge on any atom is 0.338 e. The van der Waals surface area contributed by atoms with E-state index in [-0.39, 0.29) is 18.0 Å². The normalized spacial score (nSPS) is 12.0. The van der Waals surface area contributed by atoms with Crippen LogP contribution in [0.4, 0.5) is 4.39 Å². The van der Waals surface area contributed by atoms with Crippen molar-refractivity contribution in [2.24, 2.45) is 0 Å². The molecule has 0 amide bonds. The second kappa shape index (κ2) is 5.91. The second-order valence-electron chi connectivity index (χ2n) is 3.47. The number of halogens is 2. The second-order valence-corrected chi connectivity index (χ2v) is 4.38. The first-order valence-electron chi connectivity index (χ1n) is 5.07. The maximum atomic E-state index is 13.3. The lowest BCUT2D eigenvalue weighted by Crippen LogP contribution is -2.08. The SMILES string of the molecule is CCOC(=O)c1cc(F)cc(C(Br)C(C)=O)c1. The van der Waals surface area contributed by atoms with E-state index in [0.29, 0.717) is 5.56 Å². The van der Waals surface area contributed by atoms with Crippen LogP contribution in [0.2, 0.25) is 0 Å². The van der Waals surface area contributed by atoms with Gasteiger partial charge < -0.3 is 4.74 Å². The lowest BCUT2D eigenvalue weighted by molar-refractivity contribution is -0.116. The Morgan fingerprint density at radius 1 is 1.41 bits per heavy atom. The van der Waals surface area contributed by atoms with Gasteiger partial charge in [0, 0.05) is 0 Å². The van der Waals surface area contributed by atoms with E-state index in [4.69, 9.17) is 4.74 Å². The molecule has 0 aromatic heterocycles. The van der Waals surface area contributed by atoms with Crippen molar-refractivity contribution >= 4 is 27.7 Å². The Morgan fingerprint density at radius 2 is 2.06 bits per heavy atom. The molecule has 17 heavy (non-hydrogen) atoms. The van der Waals surface area contributed by atoms with Crippen LogP contribution in [0.25, 0.3) is 0 Å². The van der Waals surface area contributed by atoms with E-state index < -0.39 is 16.6 Å². The summed E-state index contributed by atoms with van der Waals surface area (Å²) >= 11 is 3.14. The molecule has 0 aliphatic rings. The summed E-state index contributed by atoms with van der Waals surface area (Å²) in [6, 6.07) is 3.74. The average Bonchev–Trinajstić information content (AvgIpc) is 2.27. The van der Waals surface area contributed by atoms with Gasteiger partial charge in [-0.2, -0.15) is 0 Å². The van der Waals surface area contributed by atoms with Gasteiger partial charge in [-0.25, -0.2) is 9.18 Å². The number of hydrogen-bond donors (Lipinski definition) is 0. The lowest BCUT2D eigenvalue weighted by atomic mass is 10.1. The molecule has 1 unspecified atom stereocenters. The van der Waals surface area contributed by atoms with Crippen molar-refractivity contribution in [1.29, 1.82) is 0 Å². The van der Waals surface area contributed by atoms with Gasteiger partial charge in [-0.1, -0.05) is 15.9 Å².